The van der Waals surface area contributed by atoms with Crippen molar-refractivity contribution in [3.8, 4) is 0 Å². The molecular formula is C10H11ClSi. The van der Waals surface area contributed by atoms with Crippen LogP contribution in [0.4, 0.5) is 0 Å². The number of allylic oxidation sites excluding steroid dienone is 1. The highest BCUT2D eigenvalue weighted by Gasteiger charge is 1.99. The third-order valence-corrected chi connectivity index (χ3v) is 3.04. The molecule has 0 heterocycles. The molecule has 0 bridgehead atoms. The predicted octanol–water partition coefficient (Wildman–Crippen LogP) is 2.29. The van der Waals surface area contributed by atoms with Gasteiger partial charge in [0.25, 0.3) is 0 Å². The van der Waals surface area contributed by atoms with Crippen molar-refractivity contribution in [3.63, 3.8) is 0 Å². The first-order valence-corrected chi connectivity index (χ1v) is 5.95. The fourth-order valence-corrected chi connectivity index (χ4v) is 2.13. The van der Waals surface area contributed by atoms with Crippen molar-refractivity contribution in [1.82, 2.24) is 0 Å². The van der Waals surface area contributed by atoms with Gasteiger partial charge in [-0.05, 0) is 23.6 Å². The van der Waals surface area contributed by atoms with Crippen LogP contribution in [0.2, 0.25) is 0 Å². The molecule has 0 aliphatic rings. The monoisotopic (exact) mass is 194 g/mol. The Morgan fingerprint density at radius 1 is 1.42 bits per heavy atom. The first kappa shape index (κ1) is 9.55. The molecule has 0 aliphatic heterocycles. The Morgan fingerprint density at radius 2 is 2.17 bits per heavy atom. The van der Waals surface area contributed by atoms with E-state index in [4.69, 9.17) is 11.1 Å². The lowest BCUT2D eigenvalue weighted by Crippen LogP contribution is -2.14. The second-order valence-corrected chi connectivity index (χ2v) is 3.87. The van der Waals surface area contributed by atoms with Gasteiger partial charge in [0.15, 0.2) is 0 Å². The van der Waals surface area contributed by atoms with Gasteiger partial charge in [-0.3, -0.25) is 0 Å². The van der Waals surface area contributed by atoms with Crippen LogP contribution in [0.15, 0.2) is 36.9 Å². The van der Waals surface area contributed by atoms with Gasteiger partial charge in [0.1, 0.15) is 0 Å². The van der Waals surface area contributed by atoms with Crippen molar-refractivity contribution in [3.05, 3.63) is 42.5 Å². The summed E-state index contributed by atoms with van der Waals surface area (Å²) in [5.74, 6) is 0. The van der Waals surface area contributed by atoms with Gasteiger partial charge in [-0.15, -0.1) is 6.58 Å². The highest BCUT2D eigenvalue weighted by molar-refractivity contribution is 7.01. The maximum atomic E-state index is 5.81. The van der Waals surface area contributed by atoms with E-state index in [0.29, 0.717) is 8.83 Å². The maximum Gasteiger partial charge on any atom is 0.210 e. The summed E-state index contributed by atoms with van der Waals surface area (Å²) < 4.78 is 0. The van der Waals surface area contributed by atoms with E-state index >= 15 is 0 Å². The quantitative estimate of drug-likeness (QED) is 0.392. The first-order valence-electron chi connectivity index (χ1n) is 3.94. The van der Waals surface area contributed by atoms with Crippen LogP contribution >= 0.6 is 11.1 Å². The van der Waals surface area contributed by atoms with Gasteiger partial charge in [0.2, 0.25) is 8.83 Å². The Morgan fingerprint density at radius 3 is 2.83 bits per heavy atom. The summed E-state index contributed by atoms with van der Waals surface area (Å²) in [7, 11) is 0.378. The van der Waals surface area contributed by atoms with E-state index in [0.717, 1.165) is 12.8 Å². The minimum Gasteiger partial charge on any atom is -0.165 e. The van der Waals surface area contributed by atoms with E-state index in [-0.39, 0.29) is 0 Å². The van der Waals surface area contributed by atoms with Gasteiger partial charge in [-0.25, -0.2) is 0 Å². The smallest absolute Gasteiger partial charge is 0.165 e. The molecule has 0 saturated carbocycles. The first-order chi connectivity index (χ1) is 5.88. The molecule has 0 spiro atoms. The Bertz CT molecular complexity index is 258. The molecule has 62 valence electrons. The highest BCUT2D eigenvalue weighted by Crippen LogP contribution is 2.00. The van der Waals surface area contributed by atoms with Crippen LogP contribution in [0.1, 0.15) is 12.0 Å². The lowest BCUT2D eigenvalue weighted by molar-refractivity contribution is 1.01. The summed E-state index contributed by atoms with van der Waals surface area (Å²) in [4.78, 5) is 0. The summed E-state index contributed by atoms with van der Waals surface area (Å²) in [6, 6.07) is 8.30. The largest absolute Gasteiger partial charge is 0.210 e. The molecule has 1 rings (SSSR count). The van der Waals surface area contributed by atoms with E-state index in [1.165, 1.54) is 10.8 Å². The topological polar surface area (TPSA) is 0 Å². The van der Waals surface area contributed by atoms with Gasteiger partial charge in [-0.1, -0.05) is 30.3 Å². The van der Waals surface area contributed by atoms with Crippen LogP contribution in [0, 0.1) is 0 Å². The molecule has 0 saturated heterocycles. The molecule has 1 aromatic carbocycles. The average Bonchev–Trinajstić information content (AvgIpc) is 2.15. The zero-order chi connectivity index (χ0) is 8.81. The number of halogens is 1. The Hall–Kier alpha value is -0.533. The van der Waals surface area contributed by atoms with E-state index in [1.54, 1.807) is 0 Å². The normalized spacial score (nSPS) is 9.75. The molecule has 0 atom stereocenters. The Kier molecular flexibility index (Phi) is 4.12. The van der Waals surface area contributed by atoms with E-state index in [9.17, 15) is 0 Å². The summed E-state index contributed by atoms with van der Waals surface area (Å²) in [5.41, 5.74) is 1.35. The second-order valence-electron chi connectivity index (χ2n) is 2.58. The third kappa shape index (κ3) is 2.50. The van der Waals surface area contributed by atoms with Crippen molar-refractivity contribution < 1.29 is 0 Å². The summed E-state index contributed by atoms with van der Waals surface area (Å²) >= 11 is 5.81. The number of hydrogen-bond acceptors (Lipinski definition) is 0. The molecule has 0 aliphatic carbocycles. The molecule has 0 fully saturated rings. The van der Waals surface area contributed by atoms with Crippen LogP contribution in [0.5, 0.6) is 0 Å². The SMILES string of the molecule is C=CCCc1ccccc1[Si]Cl. The van der Waals surface area contributed by atoms with Crippen molar-refractivity contribution in [2.75, 3.05) is 0 Å². The number of rotatable bonds is 4. The molecule has 0 unspecified atom stereocenters. The van der Waals surface area contributed by atoms with E-state index in [2.05, 4.69) is 24.8 Å². The number of benzene rings is 1. The van der Waals surface area contributed by atoms with Crippen LogP contribution in [-0.4, -0.2) is 8.83 Å². The molecule has 0 amide bonds. The van der Waals surface area contributed by atoms with Gasteiger partial charge in [0.05, 0.1) is 0 Å². The summed E-state index contributed by atoms with van der Waals surface area (Å²) in [5, 5.41) is 1.26. The molecular weight excluding hydrogens is 184 g/mol. The number of hydrogen-bond donors (Lipinski definition) is 0. The second kappa shape index (κ2) is 5.17. The summed E-state index contributed by atoms with van der Waals surface area (Å²) in [6.07, 6.45) is 4.02. The van der Waals surface area contributed by atoms with Gasteiger partial charge in [-0.2, -0.15) is 11.1 Å². The highest BCUT2D eigenvalue weighted by atomic mass is 35.6. The van der Waals surface area contributed by atoms with Crippen LogP contribution in [0.3, 0.4) is 0 Å². The van der Waals surface area contributed by atoms with Crippen molar-refractivity contribution in [2.45, 2.75) is 12.8 Å². The molecule has 0 aromatic heterocycles. The molecule has 0 nitrogen and oxygen atoms in total. The third-order valence-electron chi connectivity index (χ3n) is 1.74. The molecule has 0 N–H and O–H groups in total. The fraction of sp³-hybridized carbons (Fsp3) is 0.200. The average molecular weight is 195 g/mol. The molecule has 12 heavy (non-hydrogen) atoms. The maximum absolute atomic E-state index is 5.81. The standard InChI is InChI=1S/C10H11ClSi/c1-2-3-6-9-7-4-5-8-10(9)12-11/h2,4-5,7-8H,1,3,6H2. The predicted molar refractivity (Wildman–Crippen MR) is 56.2 cm³/mol. The van der Waals surface area contributed by atoms with Crippen LogP contribution in [-0.2, 0) is 6.42 Å². The molecule has 2 heteroatoms. The zero-order valence-corrected chi connectivity index (χ0v) is 8.64. The minimum atomic E-state index is 0.378. The lowest BCUT2D eigenvalue weighted by atomic mass is 10.1. The van der Waals surface area contributed by atoms with Gasteiger partial charge >= 0.3 is 0 Å². The fourth-order valence-electron chi connectivity index (χ4n) is 1.09. The van der Waals surface area contributed by atoms with Gasteiger partial charge < -0.3 is 0 Å². The van der Waals surface area contributed by atoms with E-state index in [1.807, 2.05) is 12.1 Å². The Balaban J connectivity index is 2.74. The molecule has 2 radical (unpaired) electrons. The molecule has 1 aromatic rings. The Labute approximate surface area is 80.8 Å². The van der Waals surface area contributed by atoms with Crippen molar-refractivity contribution >= 4 is 25.1 Å². The lowest BCUT2D eigenvalue weighted by Gasteiger charge is -2.03. The van der Waals surface area contributed by atoms with Crippen molar-refractivity contribution in [1.29, 1.82) is 0 Å². The zero-order valence-electron chi connectivity index (χ0n) is 6.89. The summed E-state index contributed by atoms with van der Waals surface area (Å²) in [6.45, 7) is 3.70. The number of aryl methyl sites for hydroxylation is 1. The van der Waals surface area contributed by atoms with Crippen LogP contribution in [0.25, 0.3) is 0 Å². The minimum absolute atomic E-state index is 0.378. The van der Waals surface area contributed by atoms with Gasteiger partial charge in [0, 0.05) is 0 Å². The van der Waals surface area contributed by atoms with E-state index < -0.39 is 0 Å². The van der Waals surface area contributed by atoms with Crippen LogP contribution < -0.4 is 5.19 Å². The van der Waals surface area contributed by atoms with Crippen molar-refractivity contribution in [2.24, 2.45) is 0 Å².